The van der Waals surface area contributed by atoms with Gasteiger partial charge in [-0.05, 0) is 0 Å². The van der Waals surface area contributed by atoms with Gasteiger partial charge in [0.25, 0.3) is 0 Å². The predicted molar refractivity (Wildman–Crippen MR) is 194 cm³/mol. The Balaban J connectivity index is 1.18. The van der Waals surface area contributed by atoms with Gasteiger partial charge in [0.15, 0.2) is 37.7 Å². The standard InChI is InChI=1S/C36H60O29/c37-2-10-9-1-8(43)31(55-10)61-26-11(3-38)57-33(22(50)17(26)45)63-28-13(5-40)59-35(24(52)19(28)47)65-30-15(7-42)60-36(25(53)20(30)48)64-29-14(6-41)58-34(23(51)18(29)46)62-27-12(4-39)56-32(54-9)21(49)16(27)44/h8-53H,1-7H2. The third-order valence-corrected chi connectivity index (χ3v) is 12.6. The van der Waals surface area contributed by atoms with Crippen molar-refractivity contribution >= 4 is 0 Å². The molecule has 22 heterocycles. The highest BCUT2D eigenvalue weighted by Crippen LogP contribution is 2.38. The van der Waals surface area contributed by atoms with Crippen LogP contribution in [0.25, 0.3) is 0 Å². The molecule has 0 aromatic rings. The van der Waals surface area contributed by atoms with Crippen LogP contribution in [-0.4, -0.2) is 305 Å². The molecule has 65 heavy (non-hydrogen) atoms. The lowest BCUT2D eigenvalue weighted by molar-refractivity contribution is -0.400. The molecule has 22 saturated heterocycles. The molecule has 0 aromatic heterocycles. The zero-order chi connectivity index (χ0) is 47.2. The van der Waals surface area contributed by atoms with E-state index >= 15 is 0 Å². The van der Waals surface area contributed by atoms with Gasteiger partial charge in [0.2, 0.25) is 0 Å². The molecule has 22 rings (SSSR count). The molecule has 22 aliphatic rings. The lowest BCUT2D eigenvalue weighted by Crippen LogP contribution is -2.68. The van der Waals surface area contributed by atoms with Crippen LogP contribution in [0.2, 0.25) is 0 Å². The highest BCUT2D eigenvalue weighted by molar-refractivity contribution is 5.00. The highest BCUT2D eigenvalue weighted by atomic mass is 16.8. The topological polar surface area (TPSA) is 455 Å². The Bertz CT molecular complexity index is 1480. The minimum absolute atomic E-state index is 0.450. The minimum Gasteiger partial charge on any atom is -0.394 e. The average Bonchev–Trinajstić information content (AvgIpc) is 3.30. The summed E-state index contributed by atoms with van der Waals surface area (Å²) in [5.41, 5.74) is 0. The molecule has 0 spiro atoms. The van der Waals surface area contributed by atoms with E-state index in [-0.39, 0.29) is 0 Å². The SMILES string of the molecule is OCC1OC2OC3C(CO)OC(OC4C(CO)OC(OC5C(CO)OC(OC6C(CO)OC(OC7C(CO)OC(OC1CC2O)C(O)C7O)C(O)C6O)C(O)C5O)C(O)C4O)C(O)C3O. The van der Waals surface area contributed by atoms with E-state index < -0.39 is 224 Å². The molecule has 378 valence electrons. The number of aliphatic hydroxyl groups is 17. The molecule has 12 bridgehead atoms. The first-order valence-corrected chi connectivity index (χ1v) is 21.0. The van der Waals surface area contributed by atoms with E-state index in [1.165, 1.54) is 0 Å². The van der Waals surface area contributed by atoms with Crippen LogP contribution in [0.5, 0.6) is 0 Å². The fraction of sp³-hybridized carbons (Fsp3) is 1.00. The molecule has 22 aliphatic heterocycles. The van der Waals surface area contributed by atoms with Crippen molar-refractivity contribution in [3.63, 3.8) is 0 Å². The van der Waals surface area contributed by atoms with Gasteiger partial charge >= 0.3 is 0 Å². The van der Waals surface area contributed by atoms with Crippen LogP contribution < -0.4 is 0 Å². The summed E-state index contributed by atoms with van der Waals surface area (Å²) in [6, 6.07) is 0. The minimum atomic E-state index is -2.13. The quantitative estimate of drug-likeness (QED) is 0.118. The summed E-state index contributed by atoms with van der Waals surface area (Å²) >= 11 is 0. The highest BCUT2D eigenvalue weighted by Gasteiger charge is 2.57. The van der Waals surface area contributed by atoms with Gasteiger partial charge in [0.1, 0.15) is 134 Å². The van der Waals surface area contributed by atoms with Crippen molar-refractivity contribution in [1.29, 1.82) is 0 Å². The first-order chi connectivity index (χ1) is 31.0. The van der Waals surface area contributed by atoms with Crippen molar-refractivity contribution in [1.82, 2.24) is 0 Å². The summed E-state index contributed by atoms with van der Waals surface area (Å²) in [6.07, 6.45) is -53.9. The van der Waals surface area contributed by atoms with Gasteiger partial charge in [0.05, 0.1) is 45.7 Å². The Labute approximate surface area is 367 Å². The van der Waals surface area contributed by atoms with Crippen molar-refractivity contribution in [2.45, 2.75) is 185 Å². The first-order valence-electron chi connectivity index (χ1n) is 21.0. The Morgan fingerprint density at radius 2 is 0.462 bits per heavy atom. The molecule has 0 aromatic carbocycles. The van der Waals surface area contributed by atoms with Crippen LogP contribution in [0, 0.1) is 0 Å². The fourth-order valence-electron chi connectivity index (χ4n) is 8.89. The van der Waals surface area contributed by atoms with Gasteiger partial charge in [-0.25, -0.2) is 0 Å². The van der Waals surface area contributed by atoms with Crippen molar-refractivity contribution in [2.75, 3.05) is 39.6 Å². The molecule has 0 amide bonds. The normalized spacial score (nSPS) is 54.9. The molecule has 29 heteroatoms. The number of hydrogen-bond acceptors (Lipinski definition) is 29. The van der Waals surface area contributed by atoms with E-state index in [4.69, 9.17) is 56.8 Å². The molecule has 0 aliphatic carbocycles. The lowest BCUT2D eigenvalue weighted by Gasteiger charge is -2.50. The van der Waals surface area contributed by atoms with Gasteiger partial charge in [-0.15, -0.1) is 0 Å². The smallest absolute Gasteiger partial charge is 0.187 e. The third-order valence-electron chi connectivity index (χ3n) is 12.6. The molecule has 22 fully saturated rings. The molecule has 0 radical (unpaired) electrons. The number of ether oxygens (including phenoxy) is 12. The lowest BCUT2D eigenvalue weighted by atomic mass is 9.95. The van der Waals surface area contributed by atoms with Crippen LogP contribution in [0.3, 0.4) is 0 Å². The van der Waals surface area contributed by atoms with Crippen LogP contribution >= 0.6 is 0 Å². The van der Waals surface area contributed by atoms with Crippen molar-refractivity contribution in [2.24, 2.45) is 0 Å². The second kappa shape index (κ2) is 21.9. The van der Waals surface area contributed by atoms with Crippen LogP contribution in [0.4, 0.5) is 0 Å². The first kappa shape index (κ1) is 51.7. The number of rotatable bonds is 6. The van der Waals surface area contributed by atoms with E-state index in [1.807, 2.05) is 0 Å². The summed E-state index contributed by atoms with van der Waals surface area (Å²) in [7, 11) is 0. The second-order valence-corrected chi connectivity index (χ2v) is 16.7. The van der Waals surface area contributed by atoms with Crippen LogP contribution in [0.1, 0.15) is 6.42 Å². The van der Waals surface area contributed by atoms with Crippen LogP contribution in [0.15, 0.2) is 0 Å². The van der Waals surface area contributed by atoms with Crippen molar-refractivity contribution in [3.8, 4) is 0 Å². The monoisotopic (exact) mass is 956 g/mol. The zero-order valence-corrected chi connectivity index (χ0v) is 34.2. The Morgan fingerprint density at radius 3 is 0.708 bits per heavy atom. The molecule has 0 saturated carbocycles. The third kappa shape index (κ3) is 10.2. The fourth-order valence-corrected chi connectivity index (χ4v) is 8.89. The Hall–Kier alpha value is -1.16. The molecule has 29 atom stereocenters. The van der Waals surface area contributed by atoms with Crippen molar-refractivity contribution in [3.05, 3.63) is 0 Å². The van der Waals surface area contributed by atoms with Gasteiger partial charge in [-0.3, -0.25) is 0 Å². The number of hydrogen-bond donors (Lipinski definition) is 17. The maximum atomic E-state index is 11.2. The maximum Gasteiger partial charge on any atom is 0.187 e. The molecule has 29 unspecified atom stereocenters. The van der Waals surface area contributed by atoms with E-state index in [0.29, 0.717) is 0 Å². The summed E-state index contributed by atoms with van der Waals surface area (Å²) in [5.74, 6) is 0. The summed E-state index contributed by atoms with van der Waals surface area (Å²) < 4.78 is 68.4. The molecule has 17 N–H and O–H groups in total. The van der Waals surface area contributed by atoms with Gasteiger partial charge < -0.3 is 144 Å². The number of aliphatic hydroxyl groups excluding tert-OH is 17. The van der Waals surface area contributed by atoms with E-state index in [2.05, 4.69) is 0 Å². The second-order valence-electron chi connectivity index (χ2n) is 16.7. The van der Waals surface area contributed by atoms with Gasteiger partial charge in [-0.1, -0.05) is 0 Å². The largest absolute Gasteiger partial charge is 0.394 e. The van der Waals surface area contributed by atoms with E-state index in [0.717, 1.165) is 0 Å². The Morgan fingerprint density at radius 1 is 0.246 bits per heavy atom. The van der Waals surface area contributed by atoms with E-state index in [9.17, 15) is 86.8 Å². The summed E-state index contributed by atoms with van der Waals surface area (Å²) in [6.45, 7) is -5.63. The predicted octanol–water partition coefficient (Wildman–Crippen LogP) is -12.0. The molecular formula is C36H60O29. The Kier molecular flexibility index (Phi) is 17.4. The summed E-state index contributed by atoms with van der Waals surface area (Å²) in [5, 5.41) is 184. The van der Waals surface area contributed by atoms with Crippen molar-refractivity contribution < 1.29 is 144 Å². The summed E-state index contributed by atoms with van der Waals surface area (Å²) in [4.78, 5) is 0. The molecular weight excluding hydrogens is 896 g/mol. The zero-order valence-electron chi connectivity index (χ0n) is 34.2. The average molecular weight is 957 g/mol. The van der Waals surface area contributed by atoms with E-state index in [1.54, 1.807) is 0 Å². The maximum absolute atomic E-state index is 11.2. The van der Waals surface area contributed by atoms with Gasteiger partial charge in [0, 0.05) is 6.42 Å². The van der Waals surface area contributed by atoms with Crippen LogP contribution in [-0.2, 0) is 56.8 Å². The van der Waals surface area contributed by atoms with Gasteiger partial charge in [-0.2, -0.15) is 0 Å². The molecule has 29 nitrogen and oxygen atoms in total.